The number of nitrogens with zero attached hydrogens (tertiary/aromatic N) is 1. The molecule has 1 aromatic heterocycles. The number of carbonyl (C=O) groups is 1. The van der Waals surface area contributed by atoms with Gasteiger partial charge in [-0.05, 0) is 43.6 Å². The number of aromatic nitrogens is 2. The molecule has 1 amide bonds. The number of H-pyrrole nitrogens is 1. The summed E-state index contributed by atoms with van der Waals surface area (Å²) in [5.41, 5.74) is 1.24. The number of aliphatic hydroxyl groups is 1. The molecular weight excluding hydrogens is 282 g/mol. The zero-order valence-corrected chi connectivity index (χ0v) is 13.3. The summed E-state index contributed by atoms with van der Waals surface area (Å²) in [6.45, 7) is 4.37. The quantitative estimate of drug-likeness (QED) is 0.761. The lowest BCUT2D eigenvalue weighted by Crippen LogP contribution is -2.37. The molecule has 1 saturated carbocycles. The van der Waals surface area contributed by atoms with Gasteiger partial charge < -0.3 is 10.4 Å². The van der Waals surface area contributed by atoms with Crippen LogP contribution < -0.4 is 10.9 Å². The second-order valence-electron chi connectivity index (χ2n) is 5.96. The van der Waals surface area contributed by atoms with E-state index >= 15 is 0 Å². The minimum atomic E-state index is -0.435. The predicted octanol–water partition coefficient (Wildman–Crippen LogP) is 1.18. The van der Waals surface area contributed by atoms with Crippen LogP contribution in [0.1, 0.15) is 61.1 Å². The first-order valence-electron chi connectivity index (χ1n) is 8.13. The second-order valence-corrected chi connectivity index (χ2v) is 5.96. The van der Waals surface area contributed by atoms with Crippen LogP contribution in [0.3, 0.4) is 0 Å². The maximum absolute atomic E-state index is 12.4. The highest BCUT2D eigenvalue weighted by molar-refractivity contribution is 5.95. The van der Waals surface area contributed by atoms with Crippen LogP contribution in [0.2, 0.25) is 0 Å². The van der Waals surface area contributed by atoms with Gasteiger partial charge in [0.25, 0.3) is 11.5 Å². The Morgan fingerprint density at radius 2 is 2.14 bits per heavy atom. The van der Waals surface area contributed by atoms with Crippen LogP contribution in [-0.2, 0) is 12.8 Å². The summed E-state index contributed by atoms with van der Waals surface area (Å²) in [5.74, 6) is -0.0559. The number of hydrogen-bond donors (Lipinski definition) is 3. The van der Waals surface area contributed by atoms with Crippen LogP contribution in [0, 0.1) is 5.92 Å². The van der Waals surface area contributed by atoms with Crippen molar-refractivity contribution < 1.29 is 9.90 Å². The van der Waals surface area contributed by atoms with Gasteiger partial charge in [0.15, 0.2) is 0 Å². The molecule has 1 aromatic rings. The Bertz CT molecular complexity index is 582. The van der Waals surface area contributed by atoms with Crippen LogP contribution >= 0.6 is 0 Å². The summed E-state index contributed by atoms with van der Waals surface area (Å²) in [6.07, 6.45) is 4.56. The molecule has 122 valence electrons. The molecule has 0 radical (unpaired) electrons. The largest absolute Gasteiger partial charge is 0.393 e. The van der Waals surface area contributed by atoms with Crippen molar-refractivity contribution >= 4 is 5.91 Å². The van der Waals surface area contributed by atoms with Crippen molar-refractivity contribution in [3.63, 3.8) is 0 Å². The third-order valence-electron chi connectivity index (χ3n) is 4.39. The van der Waals surface area contributed by atoms with Gasteiger partial charge in [0.2, 0.25) is 0 Å². The average Bonchev–Trinajstić information content (AvgIpc) is 2.52. The fraction of sp³-hybridized carbons (Fsp3) is 0.688. The van der Waals surface area contributed by atoms with Crippen molar-refractivity contribution in [2.45, 2.75) is 58.5 Å². The van der Waals surface area contributed by atoms with E-state index in [1.807, 2.05) is 13.8 Å². The third kappa shape index (κ3) is 3.74. The molecule has 0 spiro atoms. The van der Waals surface area contributed by atoms with Crippen molar-refractivity contribution in [1.82, 2.24) is 15.5 Å². The number of rotatable bonds is 5. The van der Waals surface area contributed by atoms with Crippen molar-refractivity contribution in [3.8, 4) is 0 Å². The van der Waals surface area contributed by atoms with E-state index in [0.717, 1.165) is 30.5 Å². The fourth-order valence-corrected chi connectivity index (χ4v) is 3.21. The van der Waals surface area contributed by atoms with Crippen LogP contribution in [0.4, 0.5) is 0 Å². The lowest BCUT2D eigenvalue weighted by atomic mass is 9.87. The number of hydrogen-bond acceptors (Lipinski definition) is 4. The first kappa shape index (κ1) is 16.7. The number of carbonyl (C=O) groups excluding carboxylic acids is 1. The summed E-state index contributed by atoms with van der Waals surface area (Å²) < 4.78 is 0. The van der Waals surface area contributed by atoms with E-state index in [-0.39, 0.29) is 23.5 Å². The first-order chi connectivity index (χ1) is 10.6. The normalized spacial score (nSPS) is 21.6. The van der Waals surface area contributed by atoms with Gasteiger partial charge in [-0.1, -0.05) is 20.3 Å². The lowest BCUT2D eigenvalue weighted by Gasteiger charge is -2.26. The van der Waals surface area contributed by atoms with E-state index < -0.39 is 5.56 Å². The first-order valence-corrected chi connectivity index (χ1v) is 8.13. The highest BCUT2D eigenvalue weighted by Crippen LogP contribution is 2.23. The maximum atomic E-state index is 12.4. The summed E-state index contributed by atoms with van der Waals surface area (Å²) in [6, 6.07) is 0. The van der Waals surface area contributed by atoms with Crippen LogP contribution in [0.5, 0.6) is 0 Å². The smallest absolute Gasteiger partial charge is 0.277 e. The van der Waals surface area contributed by atoms with Gasteiger partial charge in [-0.2, -0.15) is 5.10 Å². The Morgan fingerprint density at radius 3 is 2.77 bits per heavy atom. The molecule has 2 atom stereocenters. The molecule has 3 N–H and O–H groups in total. The van der Waals surface area contributed by atoms with Gasteiger partial charge in [-0.15, -0.1) is 0 Å². The Morgan fingerprint density at radius 1 is 1.36 bits per heavy atom. The monoisotopic (exact) mass is 307 g/mol. The summed E-state index contributed by atoms with van der Waals surface area (Å²) in [4.78, 5) is 24.4. The SMILES string of the molecule is CCc1n[nH]c(=O)c(C(=O)NCC2CCCC(O)C2)c1CC. The topological polar surface area (TPSA) is 95.1 Å². The second kappa shape index (κ2) is 7.54. The van der Waals surface area contributed by atoms with Crippen LogP contribution in [0.25, 0.3) is 0 Å². The maximum Gasteiger partial charge on any atom is 0.277 e. The van der Waals surface area contributed by atoms with E-state index in [2.05, 4.69) is 15.5 Å². The van der Waals surface area contributed by atoms with E-state index in [0.29, 0.717) is 25.8 Å². The van der Waals surface area contributed by atoms with Gasteiger partial charge in [0, 0.05) is 6.54 Å². The Hall–Kier alpha value is -1.69. The molecule has 1 fully saturated rings. The lowest BCUT2D eigenvalue weighted by molar-refractivity contribution is 0.0871. The molecule has 1 aliphatic rings. The molecule has 0 aliphatic heterocycles. The predicted molar refractivity (Wildman–Crippen MR) is 83.9 cm³/mol. The van der Waals surface area contributed by atoms with Gasteiger partial charge in [0.05, 0.1) is 11.8 Å². The summed E-state index contributed by atoms with van der Waals surface area (Å²) >= 11 is 0. The van der Waals surface area contributed by atoms with Crippen molar-refractivity contribution in [2.75, 3.05) is 6.54 Å². The number of aromatic amines is 1. The molecule has 6 nitrogen and oxygen atoms in total. The van der Waals surface area contributed by atoms with Crippen molar-refractivity contribution in [3.05, 3.63) is 27.2 Å². The third-order valence-corrected chi connectivity index (χ3v) is 4.39. The minimum Gasteiger partial charge on any atom is -0.393 e. The molecule has 1 aliphatic carbocycles. The van der Waals surface area contributed by atoms with E-state index in [4.69, 9.17) is 0 Å². The summed E-state index contributed by atoms with van der Waals surface area (Å²) in [7, 11) is 0. The van der Waals surface area contributed by atoms with Gasteiger partial charge in [-0.25, -0.2) is 5.10 Å². The molecule has 6 heteroatoms. The number of nitrogens with one attached hydrogen (secondary N) is 2. The summed E-state index contributed by atoms with van der Waals surface area (Å²) in [5, 5.41) is 19.0. The van der Waals surface area contributed by atoms with E-state index in [1.165, 1.54) is 0 Å². The fourth-order valence-electron chi connectivity index (χ4n) is 3.21. The van der Waals surface area contributed by atoms with Crippen LogP contribution in [-0.4, -0.2) is 33.9 Å². The zero-order valence-electron chi connectivity index (χ0n) is 13.3. The van der Waals surface area contributed by atoms with Crippen molar-refractivity contribution in [1.29, 1.82) is 0 Å². The number of aliphatic hydroxyl groups excluding tert-OH is 1. The van der Waals surface area contributed by atoms with E-state index in [9.17, 15) is 14.7 Å². The van der Waals surface area contributed by atoms with Crippen LogP contribution in [0.15, 0.2) is 4.79 Å². The highest BCUT2D eigenvalue weighted by Gasteiger charge is 2.23. The molecule has 2 unspecified atom stereocenters. The number of amides is 1. The molecule has 0 bridgehead atoms. The zero-order chi connectivity index (χ0) is 16.1. The molecule has 2 rings (SSSR count). The molecule has 22 heavy (non-hydrogen) atoms. The molecule has 0 aromatic carbocycles. The average molecular weight is 307 g/mol. The Labute approximate surface area is 130 Å². The van der Waals surface area contributed by atoms with Gasteiger partial charge >= 0.3 is 0 Å². The Balaban J connectivity index is 2.10. The van der Waals surface area contributed by atoms with Gasteiger partial charge in [0.1, 0.15) is 5.56 Å². The minimum absolute atomic E-state index is 0.186. The number of aryl methyl sites for hydroxylation is 1. The van der Waals surface area contributed by atoms with Gasteiger partial charge in [-0.3, -0.25) is 9.59 Å². The highest BCUT2D eigenvalue weighted by atomic mass is 16.3. The molecular formula is C16H25N3O3. The molecule has 1 heterocycles. The van der Waals surface area contributed by atoms with E-state index in [1.54, 1.807) is 0 Å². The standard InChI is InChI=1S/C16H25N3O3/c1-3-12-13(4-2)18-19-16(22)14(12)15(21)17-9-10-6-5-7-11(20)8-10/h10-11,20H,3-9H2,1-2H3,(H,17,21)(H,19,22). The Kier molecular flexibility index (Phi) is 5.71. The molecule has 0 saturated heterocycles. The van der Waals surface area contributed by atoms with Crippen molar-refractivity contribution in [2.24, 2.45) is 5.92 Å².